The van der Waals surface area contributed by atoms with E-state index >= 15 is 0 Å². The molecule has 3 heterocycles. The monoisotopic (exact) mass is 425 g/mol. The number of aryl methyl sites for hydroxylation is 1. The number of aliphatic hydroxyl groups excluding tert-OH is 3. The molecule has 1 saturated heterocycles. The van der Waals surface area contributed by atoms with Gasteiger partial charge in [0.05, 0.1) is 17.8 Å². The van der Waals surface area contributed by atoms with Crippen molar-refractivity contribution >= 4 is 22.7 Å². The van der Waals surface area contributed by atoms with Gasteiger partial charge in [0.1, 0.15) is 17.5 Å². The molecule has 1 aromatic carbocycles. The van der Waals surface area contributed by atoms with Crippen LogP contribution in [0.2, 0.25) is 0 Å². The molecule has 0 amide bonds. The van der Waals surface area contributed by atoms with E-state index < -0.39 is 24.2 Å². The van der Waals surface area contributed by atoms with Crippen LogP contribution in [0.15, 0.2) is 29.1 Å². The Morgan fingerprint density at radius 3 is 2.61 bits per heavy atom. The van der Waals surface area contributed by atoms with Crippen LogP contribution >= 0.6 is 0 Å². The van der Waals surface area contributed by atoms with Gasteiger partial charge in [-0.3, -0.25) is 9.78 Å². The van der Waals surface area contributed by atoms with E-state index in [4.69, 9.17) is 4.98 Å². The highest BCUT2D eigenvalue weighted by Gasteiger charge is 2.41. The normalized spacial score (nSPS) is 25.7. The molecule has 31 heavy (non-hydrogen) atoms. The van der Waals surface area contributed by atoms with Crippen molar-refractivity contribution in [3.05, 3.63) is 40.2 Å². The predicted molar refractivity (Wildman–Crippen MR) is 118 cm³/mol. The van der Waals surface area contributed by atoms with Gasteiger partial charge in [-0.2, -0.15) is 4.98 Å². The molecular weight excluding hydrogens is 398 g/mol. The van der Waals surface area contributed by atoms with Gasteiger partial charge < -0.3 is 30.5 Å². The first-order chi connectivity index (χ1) is 15.0. The molecule has 2 aliphatic rings. The maximum absolute atomic E-state index is 13.2. The van der Waals surface area contributed by atoms with Gasteiger partial charge in [-0.05, 0) is 31.4 Å². The van der Waals surface area contributed by atoms with Crippen LogP contribution in [0, 0.1) is 12.8 Å². The maximum Gasteiger partial charge on any atom is 0.263 e. The van der Waals surface area contributed by atoms with E-state index in [2.05, 4.69) is 15.3 Å². The summed E-state index contributed by atoms with van der Waals surface area (Å²) in [6.45, 7) is 3.39. The lowest BCUT2D eigenvalue weighted by Gasteiger charge is -2.32. The highest BCUT2D eigenvalue weighted by molar-refractivity contribution is 5.92. The summed E-state index contributed by atoms with van der Waals surface area (Å²) in [6.07, 6.45) is -0.682. The van der Waals surface area contributed by atoms with Gasteiger partial charge in [0.25, 0.3) is 5.56 Å². The van der Waals surface area contributed by atoms with E-state index in [0.717, 1.165) is 36.0 Å². The smallest absolute Gasteiger partial charge is 0.263 e. The lowest BCUT2D eigenvalue weighted by Crippen LogP contribution is -2.40. The number of anilines is 2. The second-order valence-electron chi connectivity index (χ2n) is 8.53. The molecule has 2 aromatic heterocycles. The zero-order valence-electron chi connectivity index (χ0n) is 17.3. The van der Waals surface area contributed by atoms with Gasteiger partial charge in [-0.15, -0.1) is 0 Å². The number of fused-ring (bicyclic) bond motifs is 1. The fraction of sp³-hybridized carbons (Fsp3) is 0.455. The molecule has 2 fully saturated rings. The van der Waals surface area contributed by atoms with Crippen LogP contribution in [0.5, 0.6) is 0 Å². The summed E-state index contributed by atoms with van der Waals surface area (Å²) >= 11 is 0. The SMILES string of the molecule is Cc1c(-c2c(NC3CC(CO)C(O)C3O)nc(N3CCC3)[nH]c2=O)[nH]c2ccccc12. The number of nitrogens with zero attached hydrogens (tertiary/aromatic N) is 2. The van der Waals surface area contributed by atoms with Crippen molar-refractivity contribution in [3.63, 3.8) is 0 Å². The highest BCUT2D eigenvalue weighted by Crippen LogP contribution is 2.35. The first-order valence-corrected chi connectivity index (χ1v) is 10.7. The molecule has 5 rings (SSSR count). The maximum atomic E-state index is 13.2. The number of aliphatic hydroxyl groups is 3. The summed E-state index contributed by atoms with van der Waals surface area (Å²) in [6, 6.07) is 7.30. The topological polar surface area (TPSA) is 137 Å². The summed E-state index contributed by atoms with van der Waals surface area (Å²) in [5, 5.41) is 34.5. The van der Waals surface area contributed by atoms with Gasteiger partial charge in [0.15, 0.2) is 0 Å². The van der Waals surface area contributed by atoms with E-state index in [1.54, 1.807) is 0 Å². The van der Waals surface area contributed by atoms with Crippen molar-refractivity contribution in [1.29, 1.82) is 0 Å². The summed E-state index contributed by atoms with van der Waals surface area (Å²) in [7, 11) is 0. The molecule has 4 unspecified atom stereocenters. The summed E-state index contributed by atoms with van der Waals surface area (Å²) in [4.78, 5) is 26.2. The molecule has 4 atom stereocenters. The third-order valence-electron chi connectivity index (χ3n) is 6.64. The summed E-state index contributed by atoms with van der Waals surface area (Å²) < 4.78 is 0. The minimum absolute atomic E-state index is 0.216. The van der Waals surface area contributed by atoms with Crippen LogP contribution in [-0.4, -0.2) is 68.2 Å². The number of aromatic amines is 2. The average molecular weight is 425 g/mol. The van der Waals surface area contributed by atoms with Crippen LogP contribution in [0.4, 0.5) is 11.8 Å². The second-order valence-corrected chi connectivity index (χ2v) is 8.53. The van der Waals surface area contributed by atoms with Gasteiger partial charge >= 0.3 is 0 Å². The zero-order chi connectivity index (χ0) is 21.7. The van der Waals surface area contributed by atoms with E-state index in [9.17, 15) is 20.1 Å². The Bertz CT molecular complexity index is 1170. The number of rotatable bonds is 5. The van der Waals surface area contributed by atoms with Crippen LogP contribution in [0.25, 0.3) is 22.2 Å². The molecule has 164 valence electrons. The Hall–Kier alpha value is -2.88. The third kappa shape index (κ3) is 3.29. The number of hydrogen-bond acceptors (Lipinski definition) is 7. The molecule has 0 radical (unpaired) electrons. The average Bonchev–Trinajstić information content (AvgIpc) is 3.18. The molecule has 1 aliphatic heterocycles. The van der Waals surface area contributed by atoms with Crippen molar-refractivity contribution < 1.29 is 15.3 Å². The molecular formula is C22H27N5O4. The quantitative estimate of drug-likeness (QED) is 0.358. The molecule has 1 aliphatic carbocycles. The van der Waals surface area contributed by atoms with E-state index in [1.807, 2.05) is 36.1 Å². The Labute approximate surface area is 178 Å². The first kappa shape index (κ1) is 20.0. The number of H-pyrrole nitrogens is 2. The molecule has 9 heteroatoms. The van der Waals surface area contributed by atoms with E-state index in [-0.39, 0.29) is 12.2 Å². The van der Waals surface area contributed by atoms with Crippen molar-refractivity contribution in [1.82, 2.24) is 15.0 Å². The van der Waals surface area contributed by atoms with Crippen molar-refractivity contribution in [2.75, 3.05) is 29.9 Å². The van der Waals surface area contributed by atoms with Crippen LogP contribution in [0.1, 0.15) is 18.4 Å². The second kappa shape index (κ2) is 7.67. The lowest BCUT2D eigenvalue weighted by atomic mass is 10.1. The summed E-state index contributed by atoms with van der Waals surface area (Å²) in [5.74, 6) is 0.417. The molecule has 3 aromatic rings. The number of hydrogen-bond donors (Lipinski definition) is 6. The third-order valence-corrected chi connectivity index (χ3v) is 6.64. The molecule has 0 spiro atoms. The zero-order valence-corrected chi connectivity index (χ0v) is 17.3. The number of nitrogens with one attached hydrogen (secondary N) is 3. The molecule has 1 saturated carbocycles. The van der Waals surface area contributed by atoms with Gasteiger partial charge in [0.2, 0.25) is 5.95 Å². The van der Waals surface area contributed by atoms with Crippen molar-refractivity contribution in [2.24, 2.45) is 5.92 Å². The summed E-state index contributed by atoms with van der Waals surface area (Å²) in [5.41, 5.74) is 2.61. The first-order valence-electron chi connectivity index (χ1n) is 10.7. The van der Waals surface area contributed by atoms with Crippen LogP contribution in [-0.2, 0) is 0 Å². The Balaban J connectivity index is 1.62. The Morgan fingerprint density at radius 1 is 1.19 bits per heavy atom. The fourth-order valence-electron chi connectivity index (χ4n) is 4.63. The number of aromatic nitrogens is 3. The highest BCUT2D eigenvalue weighted by atomic mass is 16.3. The molecule has 0 bridgehead atoms. The van der Waals surface area contributed by atoms with Crippen molar-refractivity contribution in [2.45, 2.75) is 38.0 Å². The number of benzene rings is 1. The lowest BCUT2D eigenvalue weighted by molar-refractivity contribution is 0.00446. The van der Waals surface area contributed by atoms with Crippen LogP contribution < -0.4 is 15.8 Å². The standard InChI is InChI=1S/C22H27N5O4/c1-11-13-5-2-3-6-14(13)23-17(11)16-20(24-15-9-12(10-28)18(29)19(15)30)25-22(26-21(16)31)27-7-4-8-27/h2-3,5-6,12,15,18-19,23,28-30H,4,7-10H2,1H3,(H2,24,25,26,31). The van der Waals surface area contributed by atoms with Gasteiger partial charge in [0, 0.05) is 36.5 Å². The number of para-hydroxylation sites is 1. The van der Waals surface area contributed by atoms with Crippen LogP contribution in [0.3, 0.4) is 0 Å². The van der Waals surface area contributed by atoms with Gasteiger partial charge in [-0.1, -0.05) is 18.2 Å². The van der Waals surface area contributed by atoms with Crippen molar-refractivity contribution in [3.8, 4) is 11.3 Å². The minimum Gasteiger partial charge on any atom is -0.396 e. The van der Waals surface area contributed by atoms with Gasteiger partial charge in [-0.25, -0.2) is 0 Å². The van der Waals surface area contributed by atoms with E-state index in [1.165, 1.54) is 0 Å². The Morgan fingerprint density at radius 2 is 1.97 bits per heavy atom. The largest absolute Gasteiger partial charge is 0.396 e. The Kier molecular flexibility index (Phi) is 4.96. The fourth-order valence-corrected chi connectivity index (χ4v) is 4.63. The predicted octanol–water partition coefficient (Wildman–Crippen LogP) is 0.951. The molecule has 9 nitrogen and oxygen atoms in total. The minimum atomic E-state index is -1.07. The molecule has 6 N–H and O–H groups in total. The van der Waals surface area contributed by atoms with E-state index in [0.29, 0.717) is 29.4 Å².